The molecule has 3 aliphatic rings. The summed E-state index contributed by atoms with van der Waals surface area (Å²) in [4.78, 5) is 27.4. The molecule has 142 valence electrons. The van der Waals surface area contributed by atoms with E-state index in [1.165, 1.54) is 24.2 Å². The van der Waals surface area contributed by atoms with Crippen molar-refractivity contribution >= 4 is 23.2 Å². The highest BCUT2D eigenvalue weighted by Crippen LogP contribution is 2.45. The number of carboxylic acids is 1. The molecule has 4 heterocycles. The lowest BCUT2D eigenvalue weighted by atomic mass is 9.85. The van der Waals surface area contributed by atoms with Gasteiger partial charge in [0.05, 0.1) is 6.61 Å². The first-order valence-electron chi connectivity index (χ1n) is 9.41. The minimum Gasteiger partial charge on any atom is -0.477 e. The van der Waals surface area contributed by atoms with Gasteiger partial charge in [0, 0.05) is 29.6 Å². The average molecular weight is 387 g/mol. The Kier molecular flexibility index (Phi) is 3.87. The molecule has 1 aliphatic carbocycles. The molecule has 1 spiro atoms. The summed E-state index contributed by atoms with van der Waals surface area (Å²) < 4.78 is 6.16. The van der Waals surface area contributed by atoms with Crippen molar-refractivity contribution in [2.45, 2.75) is 43.6 Å². The molecule has 8 heteroatoms. The van der Waals surface area contributed by atoms with Crippen LogP contribution in [0.2, 0.25) is 0 Å². The van der Waals surface area contributed by atoms with Gasteiger partial charge in [-0.25, -0.2) is 4.79 Å². The van der Waals surface area contributed by atoms with Gasteiger partial charge in [-0.15, -0.1) is 11.3 Å². The fourth-order valence-corrected chi connectivity index (χ4v) is 5.43. The molecular weight excluding hydrogens is 366 g/mol. The molecular formula is C19H21N3O4S. The maximum atomic E-state index is 12.8. The Labute approximate surface area is 160 Å². The molecule has 2 aromatic heterocycles. The van der Waals surface area contributed by atoms with Crippen LogP contribution < -0.4 is 0 Å². The fraction of sp³-hybridized carbons (Fsp3) is 0.526. The summed E-state index contributed by atoms with van der Waals surface area (Å²) in [6, 6.07) is 3.67. The number of nitrogens with zero attached hydrogens (tertiary/aromatic N) is 2. The van der Waals surface area contributed by atoms with Gasteiger partial charge in [-0.3, -0.25) is 9.89 Å². The third kappa shape index (κ3) is 2.87. The number of hydrogen-bond donors (Lipinski definition) is 2. The van der Waals surface area contributed by atoms with Gasteiger partial charge in [-0.05, 0) is 49.8 Å². The quantitative estimate of drug-likeness (QED) is 0.844. The number of hydrogen-bond acceptors (Lipinski definition) is 5. The van der Waals surface area contributed by atoms with Crippen molar-refractivity contribution in [3.8, 4) is 0 Å². The van der Waals surface area contributed by atoms with E-state index in [2.05, 4.69) is 10.2 Å². The number of carboxylic acid groups (broad SMARTS) is 1. The van der Waals surface area contributed by atoms with Gasteiger partial charge in [0.2, 0.25) is 0 Å². The molecule has 27 heavy (non-hydrogen) atoms. The SMILES string of the molecule is O=C(O)c1cc2c(s1)C1(CCN(C(=O)c3cc(C4CC4)[nH]n3)CC1)OCC2. The van der Waals surface area contributed by atoms with E-state index in [-0.39, 0.29) is 5.91 Å². The highest BCUT2D eigenvalue weighted by Gasteiger charge is 2.44. The summed E-state index contributed by atoms with van der Waals surface area (Å²) in [6.45, 7) is 1.77. The summed E-state index contributed by atoms with van der Waals surface area (Å²) in [5.74, 6) is -0.386. The van der Waals surface area contributed by atoms with Gasteiger partial charge in [-0.1, -0.05) is 0 Å². The molecule has 1 amide bonds. The van der Waals surface area contributed by atoms with Crippen molar-refractivity contribution in [1.82, 2.24) is 15.1 Å². The first kappa shape index (κ1) is 16.9. The van der Waals surface area contributed by atoms with Crippen molar-refractivity contribution < 1.29 is 19.4 Å². The van der Waals surface area contributed by atoms with Crippen molar-refractivity contribution in [1.29, 1.82) is 0 Å². The fourth-order valence-electron chi connectivity index (χ4n) is 4.18. The average Bonchev–Trinajstić information content (AvgIpc) is 3.22. The third-order valence-electron chi connectivity index (χ3n) is 5.88. The van der Waals surface area contributed by atoms with Crippen LogP contribution >= 0.6 is 11.3 Å². The number of amides is 1. The standard InChI is InChI=1S/C19H21N3O4S/c23-17(14-10-13(20-21-14)11-1-2-11)22-6-4-19(5-7-22)16-12(3-8-26-19)9-15(27-16)18(24)25/h9-11H,1-8H2,(H,20,21)(H,24,25). The summed E-state index contributed by atoms with van der Waals surface area (Å²) in [7, 11) is 0. The molecule has 2 aliphatic heterocycles. The van der Waals surface area contributed by atoms with Crippen LogP contribution in [0.15, 0.2) is 12.1 Å². The Bertz CT molecular complexity index is 906. The van der Waals surface area contributed by atoms with Crippen LogP contribution in [0.25, 0.3) is 0 Å². The first-order valence-corrected chi connectivity index (χ1v) is 10.2. The van der Waals surface area contributed by atoms with Gasteiger partial charge in [0.1, 0.15) is 16.2 Å². The largest absolute Gasteiger partial charge is 0.477 e. The molecule has 2 aromatic rings. The molecule has 0 unspecified atom stereocenters. The number of ether oxygens (including phenoxy) is 1. The third-order valence-corrected chi connectivity index (χ3v) is 7.23. The van der Waals surface area contributed by atoms with Gasteiger partial charge in [0.25, 0.3) is 5.91 Å². The molecule has 0 atom stereocenters. The van der Waals surface area contributed by atoms with Gasteiger partial charge < -0.3 is 14.7 Å². The summed E-state index contributed by atoms with van der Waals surface area (Å²) >= 11 is 1.32. The number of thiophene rings is 1. The number of fused-ring (bicyclic) bond motifs is 2. The smallest absolute Gasteiger partial charge is 0.345 e. The van der Waals surface area contributed by atoms with E-state index in [4.69, 9.17) is 4.74 Å². The number of nitrogens with one attached hydrogen (secondary N) is 1. The van der Waals surface area contributed by atoms with E-state index >= 15 is 0 Å². The van der Waals surface area contributed by atoms with Gasteiger partial charge in [0.15, 0.2) is 0 Å². The number of aromatic amines is 1. The molecule has 0 aromatic carbocycles. The number of carbonyl (C=O) groups is 2. The Morgan fingerprint density at radius 3 is 2.78 bits per heavy atom. The van der Waals surface area contributed by atoms with Crippen LogP contribution in [0.3, 0.4) is 0 Å². The lowest BCUT2D eigenvalue weighted by molar-refractivity contribution is -0.0906. The number of carbonyl (C=O) groups excluding carboxylic acids is 1. The van der Waals surface area contributed by atoms with Gasteiger partial charge in [-0.2, -0.15) is 5.10 Å². The van der Waals surface area contributed by atoms with Crippen molar-refractivity contribution in [3.63, 3.8) is 0 Å². The van der Waals surface area contributed by atoms with Crippen molar-refractivity contribution in [2.75, 3.05) is 19.7 Å². The molecule has 2 N–H and O–H groups in total. The van der Waals surface area contributed by atoms with Crippen molar-refractivity contribution in [3.05, 3.63) is 38.8 Å². The lowest BCUT2D eigenvalue weighted by Crippen LogP contribution is -2.48. The van der Waals surface area contributed by atoms with Crippen LogP contribution in [0.5, 0.6) is 0 Å². The first-order chi connectivity index (χ1) is 13.1. The number of H-pyrrole nitrogens is 1. The Morgan fingerprint density at radius 2 is 2.07 bits per heavy atom. The molecule has 7 nitrogen and oxygen atoms in total. The van der Waals surface area contributed by atoms with E-state index in [1.807, 2.05) is 11.0 Å². The number of rotatable bonds is 3. The van der Waals surface area contributed by atoms with Crippen molar-refractivity contribution in [2.24, 2.45) is 0 Å². The maximum Gasteiger partial charge on any atom is 0.345 e. The topological polar surface area (TPSA) is 95.5 Å². The number of likely N-dealkylation sites (tertiary alicyclic amines) is 1. The van der Waals surface area contributed by atoms with E-state index < -0.39 is 11.6 Å². The highest BCUT2D eigenvalue weighted by molar-refractivity contribution is 7.14. The van der Waals surface area contributed by atoms with E-state index in [9.17, 15) is 14.7 Å². The zero-order valence-corrected chi connectivity index (χ0v) is 15.7. The Hall–Kier alpha value is -2.19. The van der Waals surface area contributed by atoms with Gasteiger partial charge >= 0.3 is 5.97 Å². The molecule has 0 radical (unpaired) electrons. The number of piperidine rings is 1. The van der Waals surface area contributed by atoms with Crippen LogP contribution in [0.4, 0.5) is 0 Å². The predicted molar refractivity (Wildman–Crippen MR) is 98.3 cm³/mol. The van der Waals surface area contributed by atoms with Crippen LogP contribution in [-0.2, 0) is 16.8 Å². The Morgan fingerprint density at radius 1 is 1.30 bits per heavy atom. The van der Waals surface area contributed by atoms with E-state index in [1.54, 1.807) is 6.07 Å². The molecule has 2 fully saturated rings. The zero-order chi connectivity index (χ0) is 18.6. The molecule has 5 rings (SSSR count). The summed E-state index contributed by atoms with van der Waals surface area (Å²) in [6.07, 6.45) is 4.46. The van der Waals surface area contributed by atoms with Crippen LogP contribution in [-0.4, -0.2) is 51.8 Å². The second-order valence-electron chi connectivity index (χ2n) is 7.64. The molecule has 0 bridgehead atoms. The highest BCUT2D eigenvalue weighted by atomic mass is 32.1. The monoisotopic (exact) mass is 387 g/mol. The second kappa shape index (κ2) is 6.17. The predicted octanol–water partition coefficient (Wildman–Crippen LogP) is 2.75. The van der Waals surface area contributed by atoms with Crippen LogP contribution in [0.1, 0.15) is 67.9 Å². The summed E-state index contributed by atoms with van der Waals surface area (Å²) in [5.41, 5.74) is 2.19. The molecule has 1 saturated heterocycles. The lowest BCUT2D eigenvalue weighted by Gasteiger charge is -2.43. The van der Waals surface area contributed by atoms with E-state index in [0.29, 0.717) is 49.0 Å². The minimum absolute atomic E-state index is 0.0403. The molecule has 1 saturated carbocycles. The van der Waals surface area contributed by atoms with E-state index in [0.717, 1.165) is 22.6 Å². The Balaban J connectivity index is 1.32. The summed E-state index contributed by atoms with van der Waals surface area (Å²) in [5, 5.41) is 16.5. The zero-order valence-electron chi connectivity index (χ0n) is 14.9. The number of aromatic nitrogens is 2. The maximum absolute atomic E-state index is 12.8. The van der Waals surface area contributed by atoms with Crippen LogP contribution in [0, 0.1) is 0 Å². The second-order valence-corrected chi connectivity index (χ2v) is 8.69. The minimum atomic E-state index is -0.887. The normalized spacial score (nSPS) is 21.3. The number of aromatic carboxylic acids is 1.